The van der Waals surface area contributed by atoms with Crippen molar-refractivity contribution in [3.05, 3.63) is 155 Å². The molecule has 6 aromatic heterocycles. The Balaban J connectivity index is 0.000000182. The minimum absolute atomic E-state index is 0.150. The first-order chi connectivity index (χ1) is 35.6. The Hall–Kier alpha value is -8.36. The zero-order valence-corrected chi connectivity index (χ0v) is 41.1. The van der Waals surface area contributed by atoms with Crippen LogP contribution in [0.4, 0.5) is 20.4 Å². The van der Waals surface area contributed by atoms with Gasteiger partial charge in [0, 0.05) is 75.4 Å². The summed E-state index contributed by atoms with van der Waals surface area (Å²) < 4.78 is 29.7. The molecule has 8 heterocycles. The van der Waals surface area contributed by atoms with E-state index in [1.165, 1.54) is 38.1 Å². The number of anilines is 2. The molecule has 380 valence electrons. The van der Waals surface area contributed by atoms with Crippen molar-refractivity contribution in [1.29, 1.82) is 0 Å². The highest BCUT2D eigenvalue weighted by molar-refractivity contribution is 5.97. The van der Waals surface area contributed by atoms with Gasteiger partial charge in [-0.3, -0.25) is 29.1 Å². The lowest BCUT2D eigenvalue weighted by molar-refractivity contribution is -0.115. The lowest BCUT2D eigenvalue weighted by atomic mass is 9.88. The number of benzene rings is 2. The van der Waals surface area contributed by atoms with Gasteiger partial charge in [-0.05, 0) is 111 Å². The molecule has 0 radical (unpaired) electrons. The van der Waals surface area contributed by atoms with Crippen LogP contribution in [0.3, 0.4) is 0 Å². The summed E-state index contributed by atoms with van der Waals surface area (Å²) in [6, 6.07) is 22.4. The molecular formula is C54H54F2N12O6. The standard InChI is InChI=1S/2C27H27FN6O3/c2*1-16-22(27(37)33-11-3-4-19(14-33)26(36)18-5-7-21(28)8-6-18)12-20(13-29-16)23-9-10-25-31-24(30-17(2)35)15-34(25)32-23/h2*5-10,12-13,15,19,26,36H,3-4,11,14H2,1-2H3,(H,30,35). The number of carbonyl (C=O) groups is 4. The van der Waals surface area contributed by atoms with Crippen LogP contribution in [0.2, 0.25) is 0 Å². The van der Waals surface area contributed by atoms with E-state index in [9.17, 15) is 38.2 Å². The van der Waals surface area contributed by atoms with E-state index in [2.05, 4.69) is 40.8 Å². The second-order valence-electron chi connectivity index (χ2n) is 18.7. The average Bonchev–Trinajstić information content (AvgIpc) is 4.00. The maximum atomic E-state index is 13.6. The smallest absolute Gasteiger partial charge is 0.255 e. The Kier molecular flexibility index (Phi) is 14.9. The molecule has 4 N–H and O–H groups in total. The van der Waals surface area contributed by atoms with Gasteiger partial charge in [0.15, 0.2) is 22.9 Å². The van der Waals surface area contributed by atoms with Crippen molar-refractivity contribution in [2.45, 2.75) is 65.6 Å². The van der Waals surface area contributed by atoms with Gasteiger partial charge >= 0.3 is 0 Å². The molecule has 2 fully saturated rings. The average molecular weight is 1010 g/mol. The lowest BCUT2D eigenvalue weighted by Crippen LogP contribution is -2.42. The van der Waals surface area contributed by atoms with Crippen molar-refractivity contribution < 1.29 is 38.2 Å². The summed E-state index contributed by atoms with van der Waals surface area (Å²) in [5, 5.41) is 36.2. The predicted molar refractivity (Wildman–Crippen MR) is 270 cm³/mol. The molecule has 0 spiro atoms. The number of fused-ring (bicyclic) bond motifs is 2. The summed E-state index contributed by atoms with van der Waals surface area (Å²) >= 11 is 0. The van der Waals surface area contributed by atoms with E-state index < -0.39 is 12.2 Å². The SMILES string of the molecule is CC(=O)Nc1cn2nc(-c3cnc(C)c(C(=O)N4CCCC(C(O)c5ccc(F)cc5)C4)c3)ccc2n1.CC(=O)Nc1cn2nc(-c3cnc(C)c(C(=O)N4CCCC(C(O)c5ccc(F)cc5)C4)c3)ccc2n1. The number of nitrogens with zero attached hydrogens (tertiary/aromatic N) is 10. The van der Waals surface area contributed by atoms with Crippen LogP contribution in [0.5, 0.6) is 0 Å². The molecule has 4 unspecified atom stereocenters. The second-order valence-corrected chi connectivity index (χ2v) is 18.7. The summed E-state index contributed by atoms with van der Waals surface area (Å²) in [6.45, 7) is 8.36. The number of likely N-dealkylation sites (tertiary alicyclic amines) is 2. The summed E-state index contributed by atoms with van der Waals surface area (Å²) in [5.74, 6) is -0.956. The summed E-state index contributed by atoms with van der Waals surface area (Å²) in [4.78, 5) is 70.8. The molecular weight excluding hydrogens is 951 g/mol. The summed E-state index contributed by atoms with van der Waals surface area (Å²) in [7, 11) is 0. The number of pyridine rings is 2. The maximum Gasteiger partial charge on any atom is 0.255 e. The van der Waals surface area contributed by atoms with E-state index >= 15 is 0 Å². The van der Waals surface area contributed by atoms with Crippen LogP contribution in [-0.4, -0.2) is 109 Å². The molecule has 2 aliphatic heterocycles. The zero-order chi connectivity index (χ0) is 52.2. The fourth-order valence-electron chi connectivity index (χ4n) is 9.44. The largest absolute Gasteiger partial charge is 0.388 e. The number of aromatic nitrogens is 8. The van der Waals surface area contributed by atoms with Gasteiger partial charge in [-0.15, -0.1) is 0 Å². The highest BCUT2D eigenvalue weighted by atomic mass is 19.1. The number of aliphatic hydroxyl groups is 2. The molecule has 2 saturated heterocycles. The number of rotatable bonds is 10. The van der Waals surface area contributed by atoms with E-state index in [1.807, 2.05) is 0 Å². The molecule has 8 aromatic rings. The van der Waals surface area contributed by atoms with Gasteiger partial charge in [0.2, 0.25) is 11.8 Å². The summed E-state index contributed by atoms with van der Waals surface area (Å²) in [5.41, 5.74) is 7.13. The van der Waals surface area contributed by atoms with E-state index in [0.717, 1.165) is 25.7 Å². The van der Waals surface area contributed by atoms with Crippen molar-refractivity contribution >= 4 is 46.6 Å². The number of aryl methyl sites for hydroxylation is 2. The third-order valence-corrected chi connectivity index (χ3v) is 13.3. The van der Waals surface area contributed by atoms with Gasteiger partial charge in [-0.2, -0.15) is 10.2 Å². The fraction of sp³-hybridized carbons (Fsp3) is 0.296. The van der Waals surface area contributed by atoms with Crippen molar-refractivity contribution in [3.63, 3.8) is 0 Å². The van der Waals surface area contributed by atoms with Crippen molar-refractivity contribution in [1.82, 2.24) is 49.0 Å². The van der Waals surface area contributed by atoms with E-state index in [1.54, 1.807) is 118 Å². The van der Waals surface area contributed by atoms with Gasteiger partial charge in [-0.1, -0.05) is 24.3 Å². The molecule has 4 amide bonds. The molecule has 10 rings (SSSR count). The monoisotopic (exact) mass is 1000 g/mol. The van der Waals surface area contributed by atoms with Crippen molar-refractivity contribution in [3.8, 4) is 22.5 Å². The third kappa shape index (κ3) is 11.5. The first kappa shape index (κ1) is 50.6. The number of piperidine rings is 2. The highest BCUT2D eigenvalue weighted by Crippen LogP contribution is 2.33. The molecule has 0 bridgehead atoms. The maximum absolute atomic E-state index is 13.6. The third-order valence-electron chi connectivity index (χ3n) is 13.3. The molecule has 20 heteroatoms. The van der Waals surface area contributed by atoms with Gasteiger partial charge in [0.25, 0.3) is 11.8 Å². The van der Waals surface area contributed by atoms with Crippen molar-refractivity contribution in [2.75, 3.05) is 36.8 Å². The van der Waals surface area contributed by atoms with Crippen LogP contribution in [-0.2, 0) is 9.59 Å². The molecule has 0 saturated carbocycles. The number of nitrogens with one attached hydrogen (secondary N) is 2. The van der Waals surface area contributed by atoms with Gasteiger partial charge in [-0.25, -0.2) is 27.8 Å². The zero-order valence-electron chi connectivity index (χ0n) is 41.1. The number of halogens is 2. The molecule has 4 atom stereocenters. The van der Waals surface area contributed by atoms with Crippen LogP contribution in [0.1, 0.15) is 95.0 Å². The first-order valence-corrected chi connectivity index (χ1v) is 24.2. The Morgan fingerprint density at radius 2 is 0.986 bits per heavy atom. The summed E-state index contributed by atoms with van der Waals surface area (Å²) in [6.07, 6.45) is 8.08. The number of amides is 4. The minimum Gasteiger partial charge on any atom is -0.388 e. The minimum atomic E-state index is -0.782. The topological polar surface area (TPSA) is 225 Å². The predicted octanol–water partition coefficient (Wildman–Crippen LogP) is 7.57. The van der Waals surface area contributed by atoms with Gasteiger partial charge < -0.3 is 30.6 Å². The van der Waals surface area contributed by atoms with Crippen molar-refractivity contribution in [2.24, 2.45) is 11.8 Å². The fourth-order valence-corrected chi connectivity index (χ4v) is 9.44. The Morgan fingerprint density at radius 3 is 1.36 bits per heavy atom. The van der Waals surface area contributed by atoms with Crippen LogP contribution in [0, 0.1) is 37.3 Å². The Labute approximate surface area is 424 Å². The molecule has 2 aromatic carbocycles. The normalized spacial score (nSPS) is 16.5. The number of imidazole rings is 2. The molecule has 2 aliphatic rings. The van der Waals surface area contributed by atoms with E-state index in [4.69, 9.17) is 0 Å². The number of carbonyl (C=O) groups excluding carboxylic acids is 4. The quantitative estimate of drug-likeness (QED) is 0.104. The van der Waals surface area contributed by atoms with Crippen LogP contribution < -0.4 is 10.6 Å². The van der Waals surface area contributed by atoms with E-state index in [-0.39, 0.29) is 47.1 Å². The molecule has 0 aliphatic carbocycles. The van der Waals surface area contributed by atoms with E-state index in [0.29, 0.717) is 105 Å². The second kappa shape index (κ2) is 21.8. The van der Waals surface area contributed by atoms with Crippen LogP contribution in [0.15, 0.2) is 110 Å². The number of hydrogen-bond donors (Lipinski definition) is 4. The Bertz CT molecular complexity index is 3160. The Morgan fingerprint density at radius 1 is 0.595 bits per heavy atom. The van der Waals surface area contributed by atoms with Crippen LogP contribution in [0.25, 0.3) is 33.8 Å². The molecule has 18 nitrogen and oxygen atoms in total. The van der Waals surface area contributed by atoms with Gasteiger partial charge in [0.1, 0.15) is 11.6 Å². The number of hydrogen-bond acceptors (Lipinski definition) is 12. The lowest BCUT2D eigenvalue weighted by Gasteiger charge is -2.35. The number of aliphatic hydroxyl groups excluding tert-OH is 2. The molecule has 74 heavy (non-hydrogen) atoms. The highest BCUT2D eigenvalue weighted by Gasteiger charge is 2.32. The van der Waals surface area contributed by atoms with Crippen LogP contribution >= 0.6 is 0 Å². The van der Waals surface area contributed by atoms with Gasteiger partial charge in [0.05, 0.1) is 58.5 Å². The first-order valence-electron chi connectivity index (χ1n) is 24.2.